The van der Waals surface area contributed by atoms with E-state index in [1.807, 2.05) is 12.1 Å². The third-order valence-corrected chi connectivity index (χ3v) is 2.65. The zero-order valence-electron chi connectivity index (χ0n) is 6.49. The van der Waals surface area contributed by atoms with Crippen LogP contribution in [0.2, 0.25) is 0 Å². The monoisotopic (exact) mass is 294 g/mol. The predicted molar refractivity (Wildman–Crippen MR) is 56.2 cm³/mol. The molecule has 0 heterocycles. The van der Waals surface area contributed by atoms with Gasteiger partial charge in [-0.15, -0.1) is 0 Å². The van der Waals surface area contributed by atoms with Crippen molar-refractivity contribution in [3.05, 3.63) is 34.1 Å². The lowest BCUT2D eigenvalue weighted by atomic mass is 10.1. The Kier molecular flexibility index (Phi) is 4.22. The Morgan fingerprint density at radius 1 is 1.33 bits per heavy atom. The zero-order chi connectivity index (χ0) is 8.97. The summed E-state index contributed by atoms with van der Waals surface area (Å²) in [6, 6.07) is 5.19. The fourth-order valence-corrected chi connectivity index (χ4v) is 1.60. The molecule has 0 aromatic heterocycles. The Balaban J connectivity index is 2.72. The Morgan fingerprint density at radius 3 is 2.67 bits per heavy atom. The van der Waals surface area contributed by atoms with Crippen molar-refractivity contribution < 1.29 is 4.39 Å². The second kappa shape index (κ2) is 4.97. The van der Waals surface area contributed by atoms with Crippen LogP contribution in [0.4, 0.5) is 4.39 Å². The summed E-state index contributed by atoms with van der Waals surface area (Å²) in [5.74, 6) is -0.120. The maximum absolute atomic E-state index is 13.1. The van der Waals surface area contributed by atoms with Gasteiger partial charge in [0.1, 0.15) is 5.82 Å². The van der Waals surface area contributed by atoms with Crippen molar-refractivity contribution >= 4 is 31.9 Å². The summed E-state index contributed by atoms with van der Waals surface area (Å²) in [5, 5.41) is 0.919. The number of alkyl halides is 1. The van der Waals surface area contributed by atoms with Crippen LogP contribution in [0.25, 0.3) is 0 Å². The van der Waals surface area contributed by atoms with Crippen molar-refractivity contribution in [2.45, 2.75) is 12.8 Å². The van der Waals surface area contributed by atoms with Gasteiger partial charge in [0.25, 0.3) is 0 Å². The highest BCUT2D eigenvalue weighted by Crippen LogP contribution is 2.16. The van der Waals surface area contributed by atoms with E-state index in [0.29, 0.717) is 0 Å². The summed E-state index contributed by atoms with van der Waals surface area (Å²) in [6.07, 6.45) is 1.77. The number of hydrogen-bond donors (Lipinski definition) is 0. The first-order valence-corrected chi connectivity index (χ1v) is 5.65. The summed E-state index contributed by atoms with van der Waals surface area (Å²) in [7, 11) is 0. The Bertz CT molecular complexity index is 261. The molecule has 0 bridgehead atoms. The van der Waals surface area contributed by atoms with E-state index in [4.69, 9.17) is 0 Å². The van der Waals surface area contributed by atoms with Gasteiger partial charge in [-0.3, -0.25) is 0 Å². The van der Waals surface area contributed by atoms with Crippen molar-refractivity contribution in [2.24, 2.45) is 0 Å². The summed E-state index contributed by atoms with van der Waals surface area (Å²) < 4.78 is 13.9. The van der Waals surface area contributed by atoms with Crippen molar-refractivity contribution in [3.63, 3.8) is 0 Å². The first-order valence-electron chi connectivity index (χ1n) is 3.74. The number of aryl methyl sites for hydroxylation is 1. The van der Waals surface area contributed by atoms with Gasteiger partial charge in [-0.1, -0.05) is 37.9 Å². The minimum atomic E-state index is -0.120. The van der Waals surface area contributed by atoms with Crippen LogP contribution in [0.3, 0.4) is 0 Å². The molecular weight excluding hydrogens is 287 g/mol. The first-order chi connectivity index (χ1) is 5.74. The molecule has 1 aromatic carbocycles. The second-order valence-electron chi connectivity index (χ2n) is 2.53. The van der Waals surface area contributed by atoms with Crippen LogP contribution in [-0.4, -0.2) is 5.33 Å². The average Bonchev–Trinajstić information content (AvgIpc) is 2.03. The molecule has 66 valence electrons. The van der Waals surface area contributed by atoms with Gasteiger partial charge in [0.05, 0.1) is 0 Å². The molecular formula is C9H9Br2F. The zero-order valence-corrected chi connectivity index (χ0v) is 9.66. The van der Waals surface area contributed by atoms with Crippen molar-refractivity contribution in [1.82, 2.24) is 0 Å². The molecule has 0 saturated carbocycles. The lowest BCUT2D eigenvalue weighted by molar-refractivity contribution is 0.607. The number of rotatable bonds is 3. The SMILES string of the molecule is Fc1cc(Br)ccc1CCCBr. The second-order valence-corrected chi connectivity index (χ2v) is 4.24. The Labute approximate surface area is 88.4 Å². The molecule has 1 aromatic rings. The predicted octanol–water partition coefficient (Wildman–Crippen LogP) is 3.92. The van der Waals surface area contributed by atoms with E-state index in [0.717, 1.165) is 28.2 Å². The summed E-state index contributed by atoms with van der Waals surface area (Å²) in [6.45, 7) is 0. The third-order valence-electron chi connectivity index (χ3n) is 1.59. The van der Waals surface area contributed by atoms with E-state index < -0.39 is 0 Å². The molecule has 0 aliphatic heterocycles. The Morgan fingerprint density at radius 2 is 2.08 bits per heavy atom. The van der Waals surface area contributed by atoms with Gasteiger partial charge in [0, 0.05) is 9.80 Å². The molecule has 0 N–H and O–H groups in total. The fourth-order valence-electron chi connectivity index (χ4n) is 0.982. The van der Waals surface area contributed by atoms with Crippen LogP contribution in [0.1, 0.15) is 12.0 Å². The van der Waals surface area contributed by atoms with Crippen LogP contribution in [0.5, 0.6) is 0 Å². The number of halogens is 3. The maximum atomic E-state index is 13.1. The lowest BCUT2D eigenvalue weighted by Gasteiger charge is -2.01. The van der Waals surface area contributed by atoms with Crippen molar-refractivity contribution in [2.75, 3.05) is 5.33 Å². The Hall–Kier alpha value is 0.110. The molecule has 0 radical (unpaired) electrons. The number of benzene rings is 1. The normalized spacial score (nSPS) is 10.2. The maximum Gasteiger partial charge on any atom is 0.127 e. The molecule has 0 aliphatic carbocycles. The van der Waals surface area contributed by atoms with E-state index in [-0.39, 0.29) is 5.82 Å². The van der Waals surface area contributed by atoms with E-state index in [9.17, 15) is 4.39 Å². The van der Waals surface area contributed by atoms with E-state index in [1.165, 1.54) is 6.07 Å². The molecule has 12 heavy (non-hydrogen) atoms. The fraction of sp³-hybridized carbons (Fsp3) is 0.333. The quantitative estimate of drug-likeness (QED) is 0.742. The smallest absolute Gasteiger partial charge is 0.127 e. The van der Waals surface area contributed by atoms with Crippen LogP contribution < -0.4 is 0 Å². The third kappa shape index (κ3) is 2.87. The van der Waals surface area contributed by atoms with Crippen molar-refractivity contribution in [1.29, 1.82) is 0 Å². The van der Waals surface area contributed by atoms with E-state index in [2.05, 4.69) is 31.9 Å². The molecule has 1 rings (SSSR count). The average molecular weight is 296 g/mol. The van der Waals surface area contributed by atoms with Crippen LogP contribution >= 0.6 is 31.9 Å². The van der Waals surface area contributed by atoms with E-state index in [1.54, 1.807) is 0 Å². The molecule has 0 atom stereocenters. The highest BCUT2D eigenvalue weighted by atomic mass is 79.9. The number of hydrogen-bond acceptors (Lipinski definition) is 0. The summed E-state index contributed by atoms with van der Waals surface area (Å²) in [5.41, 5.74) is 0.789. The van der Waals surface area contributed by atoms with Crippen LogP contribution in [0, 0.1) is 5.82 Å². The van der Waals surface area contributed by atoms with Gasteiger partial charge in [-0.25, -0.2) is 4.39 Å². The van der Waals surface area contributed by atoms with Gasteiger partial charge in [-0.05, 0) is 30.5 Å². The lowest BCUT2D eigenvalue weighted by Crippen LogP contribution is -1.90. The first kappa shape index (κ1) is 10.2. The van der Waals surface area contributed by atoms with Gasteiger partial charge in [-0.2, -0.15) is 0 Å². The summed E-state index contributed by atoms with van der Waals surface area (Å²) in [4.78, 5) is 0. The molecule has 0 aliphatic rings. The molecule has 0 unspecified atom stereocenters. The highest BCUT2D eigenvalue weighted by Gasteiger charge is 2.01. The van der Waals surface area contributed by atoms with Crippen molar-refractivity contribution in [3.8, 4) is 0 Å². The summed E-state index contributed by atoms with van der Waals surface area (Å²) >= 11 is 6.53. The molecule has 0 spiro atoms. The topological polar surface area (TPSA) is 0 Å². The largest absolute Gasteiger partial charge is 0.207 e. The van der Waals surface area contributed by atoms with Gasteiger partial charge in [0.15, 0.2) is 0 Å². The standard InChI is InChI=1S/C9H9Br2F/c10-5-1-2-7-3-4-8(11)6-9(7)12/h3-4,6H,1-2,5H2. The molecule has 0 amide bonds. The van der Waals surface area contributed by atoms with Gasteiger partial charge < -0.3 is 0 Å². The molecule has 3 heteroatoms. The van der Waals surface area contributed by atoms with Crippen LogP contribution in [0.15, 0.2) is 22.7 Å². The molecule has 0 nitrogen and oxygen atoms in total. The van der Waals surface area contributed by atoms with Gasteiger partial charge >= 0.3 is 0 Å². The minimum Gasteiger partial charge on any atom is -0.207 e. The van der Waals surface area contributed by atoms with Crippen LogP contribution in [-0.2, 0) is 6.42 Å². The van der Waals surface area contributed by atoms with E-state index >= 15 is 0 Å². The minimum absolute atomic E-state index is 0.120. The highest BCUT2D eigenvalue weighted by molar-refractivity contribution is 9.10. The van der Waals surface area contributed by atoms with Gasteiger partial charge in [0.2, 0.25) is 0 Å². The molecule has 0 fully saturated rings. The molecule has 0 saturated heterocycles.